The van der Waals surface area contributed by atoms with Crippen molar-refractivity contribution < 1.29 is 37.3 Å². The third kappa shape index (κ3) is 6.96. The second kappa shape index (κ2) is 13.4. The monoisotopic (exact) mass is 692 g/mol. The molecule has 266 valence electrons. The Morgan fingerprint density at radius 3 is 2.34 bits per heavy atom. The fourth-order valence-electron chi connectivity index (χ4n) is 6.97. The second-order valence-electron chi connectivity index (χ2n) is 14.5. The first-order valence-electron chi connectivity index (χ1n) is 16.8. The maximum Gasteiger partial charge on any atom is 0.410 e. The minimum absolute atomic E-state index is 0.105. The summed E-state index contributed by atoms with van der Waals surface area (Å²) in [4.78, 5) is 26.1. The number of fused-ring (bicyclic) bond motifs is 4. The van der Waals surface area contributed by atoms with Crippen LogP contribution in [0.4, 0.5) is 23.8 Å². The van der Waals surface area contributed by atoms with Crippen LogP contribution in [0.3, 0.4) is 0 Å². The number of aromatic nitrogens is 2. The van der Waals surface area contributed by atoms with Gasteiger partial charge in [0.05, 0.1) is 23.2 Å². The SMILES string of the molecule is CCc1c(F)ccc2cc(OCOC)cc(-c3c(F)cc4c(N5C[C@H]6CC[C@@H](C5)N6C(=O)OC(C)(C)C)nc(/C=C/C(C)(C)O)nc4c3F)c12. The molecule has 3 aromatic carbocycles. The number of anilines is 1. The highest BCUT2D eigenvalue weighted by molar-refractivity contribution is 6.03. The molecule has 0 saturated carbocycles. The average Bonchev–Trinajstić information content (AvgIpc) is 3.31. The summed E-state index contributed by atoms with van der Waals surface area (Å²) >= 11 is 0. The van der Waals surface area contributed by atoms with Crippen molar-refractivity contribution in [1.29, 1.82) is 0 Å². The van der Waals surface area contributed by atoms with Crippen molar-refractivity contribution in [2.45, 2.75) is 84.1 Å². The van der Waals surface area contributed by atoms with Crippen molar-refractivity contribution >= 4 is 39.7 Å². The summed E-state index contributed by atoms with van der Waals surface area (Å²) in [5, 5.41) is 11.5. The molecule has 2 aliphatic rings. The quantitative estimate of drug-likeness (QED) is 0.187. The Morgan fingerprint density at radius 1 is 1.02 bits per heavy atom. The number of aliphatic hydroxyl groups is 1. The number of hydrogen-bond donors (Lipinski definition) is 1. The van der Waals surface area contributed by atoms with Gasteiger partial charge in [-0.05, 0) is 112 Å². The van der Waals surface area contributed by atoms with Crippen LogP contribution in [0.2, 0.25) is 0 Å². The number of rotatable bonds is 8. The summed E-state index contributed by atoms with van der Waals surface area (Å²) in [7, 11) is 1.46. The molecule has 1 aromatic heterocycles. The summed E-state index contributed by atoms with van der Waals surface area (Å²) < 4.78 is 65.3. The fraction of sp³-hybridized carbons (Fsp3) is 0.447. The van der Waals surface area contributed by atoms with Gasteiger partial charge in [-0.15, -0.1) is 0 Å². The lowest BCUT2D eigenvalue weighted by Gasteiger charge is -2.42. The van der Waals surface area contributed by atoms with Crippen LogP contribution in [0.15, 0.2) is 36.4 Å². The lowest BCUT2D eigenvalue weighted by molar-refractivity contribution is 0.0122. The van der Waals surface area contributed by atoms with Crippen molar-refractivity contribution in [3.63, 3.8) is 0 Å². The molecule has 4 aromatic rings. The number of benzene rings is 3. The summed E-state index contributed by atoms with van der Waals surface area (Å²) in [6.07, 6.45) is 4.36. The van der Waals surface area contributed by atoms with Crippen LogP contribution in [-0.2, 0) is 15.9 Å². The van der Waals surface area contributed by atoms with Gasteiger partial charge >= 0.3 is 6.09 Å². The van der Waals surface area contributed by atoms with Gasteiger partial charge < -0.3 is 24.2 Å². The highest BCUT2D eigenvalue weighted by atomic mass is 19.1. The van der Waals surface area contributed by atoms with Gasteiger partial charge in [0.25, 0.3) is 0 Å². The van der Waals surface area contributed by atoms with Gasteiger partial charge in [-0.25, -0.2) is 27.9 Å². The molecule has 9 nitrogen and oxygen atoms in total. The minimum Gasteiger partial charge on any atom is -0.468 e. The normalized spacial score (nSPS) is 18.1. The van der Waals surface area contributed by atoms with Crippen LogP contribution < -0.4 is 9.64 Å². The third-order valence-corrected chi connectivity index (χ3v) is 9.01. The minimum atomic E-state index is -1.22. The van der Waals surface area contributed by atoms with Crippen molar-refractivity contribution in [2.75, 3.05) is 31.9 Å². The Balaban J connectivity index is 1.54. The van der Waals surface area contributed by atoms with E-state index in [1.807, 2.05) is 25.7 Å². The van der Waals surface area contributed by atoms with Gasteiger partial charge in [0.15, 0.2) is 18.4 Å². The lowest BCUT2D eigenvalue weighted by Crippen LogP contribution is -2.57. The molecule has 12 heteroatoms. The van der Waals surface area contributed by atoms with Crippen molar-refractivity contribution in [1.82, 2.24) is 14.9 Å². The zero-order chi connectivity index (χ0) is 36.1. The van der Waals surface area contributed by atoms with E-state index >= 15 is 13.2 Å². The molecule has 2 aliphatic heterocycles. The number of carbonyl (C=O) groups excluding carboxylic acids is 1. The van der Waals surface area contributed by atoms with Crippen LogP contribution in [0.25, 0.3) is 38.9 Å². The Labute approximate surface area is 289 Å². The van der Waals surface area contributed by atoms with Crippen molar-refractivity contribution in [3.8, 4) is 16.9 Å². The third-order valence-electron chi connectivity index (χ3n) is 9.01. The first kappa shape index (κ1) is 35.4. The maximum atomic E-state index is 17.1. The van der Waals surface area contributed by atoms with Gasteiger partial charge in [-0.3, -0.25) is 4.90 Å². The molecule has 0 spiro atoms. The number of aryl methyl sites for hydroxylation is 1. The van der Waals surface area contributed by atoms with Gasteiger partial charge in [-0.1, -0.05) is 13.0 Å². The number of carbonyl (C=O) groups is 1. The molecule has 50 heavy (non-hydrogen) atoms. The molecule has 1 N–H and O–H groups in total. The van der Waals surface area contributed by atoms with E-state index in [4.69, 9.17) is 19.2 Å². The smallest absolute Gasteiger partial charge is 0.410 e. The molecule has 1 amide bonds. The highest BCUT2D eigenvalue weighted by Gasteiger charge is 2.45. The Hall–Kier alpha value is -4.42. The molecule has 2 fully saturated rings. The predicted octanol–water partition coefficient (Wildman–Crippen LogP) is 7.78. The Kier molecular flexibility index (Phi) is 9.47. The molecule has 0 radical (unpaired) electrons. The lowest BCUT2D eigenvalue weighted by atomic mass is 9.91. The molecule has 2 bridgehead atoms. The number of nitrogens with zero attached hydrogens (tertiary/aromatic N) is 4. The molecular weight excluding hydrogens is 649 g/mol. The Morgan fingerprint density at radius 2 is 1.72 bits per heavy atom. The van der Waals surface area contributed by atoms with Gasteiger partial charge in [0.2, 0.25) is 0 Å². The second-order valence-corrected chi connectivity index (χ2v) is 14.5. The fourth-order valence-corrected chi connectivity index (χ4v) is 6.97. The highest BCUT2D eigenvalue weighted by Crippen LogP contribution is 2.43. The molecule has 0 unspecified atom stereocenters. The molecule has 2 saturated heterocycles. The number of ether oxygens (including phenoxy) is 3. The van der Waals surface area contributed by atoms with Crippen LogP contribution in [0.1, 0.15) is 65.8 Å². The van der Waals surface area contributed by atoms with E-state index in [-0.39, 0.29) is 65.0 Å². The van der Waals surface area contributed by atoms with Crippen LogP contribution in [0.5, 0.6) is 5.75 Å². The predicted molar refractivity (Wildman–Crippen MR) is 187 cm³/mol. The van der Waals surface area contributed by atoms with E-state index < -0.39 is 28.7 Å². The molecule has 3 heterocycles. The maximum absolute atomic E-state index is 17.1. The standard InChI is InChI=1S/C38H43F3N4O5/c1-8-25-28(39)12-9-21-15-24(49-20-48-7)16-26(31(21)25)32-29(40)17-27-34(33(32)41)42-30(13-14-38(5,6)47)43-35(27)44-18-22-10-11-23(19-44)45(22)36(46)50-37(2,3)4/h9,12-17,22-23,47H,8,10-11,18-20H2,1-7H3/b14-13+/t22-,23+. The van der Waals surface area contributed by atoms with Crippen molar-refractivity contribution in [3.05, 3.63) is 65.2 Å². The van der Waals surface area contributed by atoms with Crippen LogP contribution in [0, 0.1) is 17.5 Å². The van der Waals surface area contributed by atoms with E-state index in [9.17, 15) is 9.90 Å². The summed E-state index contributed by atoms with van der Waals surface area (Å²) in [6.45, 7) is 11.0. The first-order valence-corrected chi connectivity index (χ1v) is 16.8. The largest absolute Gasteiger partial charge is 0.468 e. The molecule has 6 rings (SSSR count). The van der Waals surface area contributed by atoms with Crippen LogP contribution >= 0.6 is 0 Å². The summed E-state index contributed by atoms with van der Waals surface area (Å²) in [5.41, 5.74) is -1.98. The number of amides is 1. The number of methoxy groups -OCH3 is 1. The molecular formula is C38H43F3N4O5. The average molecular weight is 693 g/mol. The molecule has 0 aliphatic carbocycles. The van der Waals surface area contributed by atoms with E-state index in [0.29, 0.717) is 35.2 Å². The van der Waals surface area contributed by atoms with E-state index in [1.165, 1.54) is 37.5 Å². The first-order chi connectivity index (χ1) is 23.6. The van der Waals surface area contributed by atoms with E-state index in [1.54, 1.807) is 37.8 Å². The van der Waals surface area contributed by atoms with E-state index in [0.717, 1.165) is 12.8 Å². The van der Waals surface area contributed by atoms with Gasteiger partial charge in [0, 0.05) is 25.6 Å². The summed E-state index contributed by atoms with van der Waals surface area (Å²) in [5.74, 6) is -1.62. The number of halogens is 3. The zero-order valence-electron chi connectivity index (χ0n) is 29.4. The Bertz CT molecular complexity index is 1970. The van der Waals surface area contributed by atoms with Crippen LogP contribution in [-0.4, -0.2) is 76.3 Å². The van der Waals surface area contributed by atoms with Gasteiger partial charge in [0.1, 0.15) is 34.3 Å². The topological polar surface area (TPSA) is 97.3 Å². The van der Waals surface area contributed by atoms with Crippen molar-refractivity contribution in [2.24, 2.45) is 0 Å². The van der Waals surface area contributed by atoms with E-state index in [2.05, 4.69) is 4.98 Å². The number of hydrogen-bond acceptors (Lipinski definition) is 8. The zero-order valence-corrected chi connectivity index (χ0v) is 29.4. The molecule has 2 atom stereocenters. The number of piperazine rings is 1. The summed E-state index contributed by atoms with van der Waals surface area (Å²) in [6, 6.07) is 6.87. The van der Waals surface area contributed by atoms with Gasteiger partial charge in [-0.2, -0.15) is 0 Å².